The summed E-state index contributed by atoms with van der Waals surface area (Å²) in [7, 11) is 0. The van der Waals surface area contributed by atoms with Crippen molar-refractivity contribution in [2.45, 2.75) is 31.8 Å². The summed E-state index contributed by atoms with van der Waals surface area (Å²) in [4.78, 5) is 13.6. The van der Waals surface area contributed by atoms with Gasteiger partial charge in [0.05, 0.1) is 18.1 Å². The third-order valence-electron chi connectivity index (χ3n) is 3.70. The average Bonchev–Trinajstić information content (AvgIpc) is 2.33. The number of piperidine rings is 1. The topological polar surface area (TPSA) is 49.8 Å². The number of likely N-dealkylation sites (tertiary alicyclic amines) is 1. The van der Waals surface area contributed by atoms with Crippen LogP contribution in [-0.2, 0) is 9.53 Å². The Bertz CT molecular complexity index is 230. The maximum atomic E-state index is 11.3. The first kappa shape index (κ1) is 12.0. The molecular formula is C12H21NO3. The molecule has 0 radical (unpaired) electrons. The lowest BCUT2D eigenvalue weighted by Gasteiger charge is -2.39. The average molecular weight is 227 g/mol. The van der Waals surface area contributed by atoms with E-state index in [4.69, 9.17) is 4.74 Å². The van der Waals surface area contributed by atoms with Crippen molar-refractivity contribution in [2.24, 2.45) is 5.41 Å². The largest absolute Gasteiger partial charge is 0.393 e. The van der Waals surface area contributed by atoms with Crippen molar-refractivity contribution in [3.63, 3.8) is 0 Å². The molecule has 0 saturated carbocycles. The summed E-state index contributed by atoms with van der Waals surface area (Å²) in [5.41, 5.74) is -0.291. The first-order chi connectivity index (χ1) is 7.74. The Morgan fingerprint density at radius 3 is 2.75 bits per heavy atom. The predicted octanol–water partition coefficient (Wildman–Crippen LogP) is 0.439. The number of carbonyl (C=O) groups is 1. The van der Waals surface area contributed by atoms with Gasteiger partial charge in [-0.05, 0) is 25.7 Å². The van der Waals surface area contributed by atoms with Crippen LogP contribution in [0.25, 0.3) is 0 Å². The van der Waals surface area contributed by atoms with Gasteiger partial charge < -0.3 is 19.5 Å². The molecule has 2 rings (SSSR count). The van der Waals surface area contributed by atoms with Crippen LogP contribution in [0.2, 0.25) is 0 Å². The molecule has 2 saturated heterocycles. The Labute approximate surface area is 96.6 Å². The SMILES string of the molecule is O=CC1(CN2CCC(O)CC2)CCCOC1. The number of nitrogens with zero attached hydrogens (tertiary/aromatic N) is 1. The first-order valence-corrected chi connectivity index (χ1v) is 6.19. The van der Waals surface area contributed by atoms with Crippen LogP contribution in [0.1, 0.15) is 25.7 Å². The third kappa shape index (κ3) is 2.81. The van der Waals surface area contributed by atoms with E-state index in [9.17, 15) is 9.90 Å². The van der Waals surface area contributed by atoms with E-state index in [0.717, 1.165) is 58.2 Å². The fourth-order valence-electron chi connectivity index (χ4n) is 2.65. The van der Waals surface area contributed by atoms with Crippen molar-refractivity contribution >= 4 is 6.29 Å². The van der Waals surface area contributed by atoms with Crippen molar-refractivity contribution in [2.75, 3.05) is 32.8 Å². The summed E-state index contributed by atoms with van der Waals surface area (Å²) >= 11 is 0. The smallest absolute Gasteiger partial charge is 0.129 e. The second-order valence-electron chi connectivity index (χ2n) is 5.14. The second-order valence-corrected chi connectivity index (χ2v) is 5.14. The zero-order valence-electron chi connectivity index (χ0n) is 9.73. The molecule has 92 valence electrons. The zero-order chi connectivity index (χ0) is 11.4. The Morgan fingerprint density at radius 1 is 1.44 bits per heavy atom. The number of aliphatic hydroxyl groups excluding tert-OH is 1. The Hall–Kier alpha value is -0.450. The molecule has 1 atom stereocenters. The third-order valence-corrected chi connectivity index (χ3v) is 3.70. The van der Waals surface area contributed by atoms with Crippen LogP contribution in [0.5, 0.6) is 0 Å². The summed E-state index contributed by atoms with van der Waals surface area (Å²) in [5.74, 6) is 0. The summed E-state index contributed by atoms with van der Waals surface area (Å²) in [6, 6.07) is 0. The van der Waals surface area contributed by atoms with Gasteiger partial charge in [-0.2, -0.15) is 0 Å². The van der Waals surface area contributed by atoms with Gasteiger partial charge in [0.2, 0.25) is 0 Å². The van der Waals surface area contributed by atoms with Crippen molar-refractivity contribution in [3.8, 4) is 0 Å². The van der Waals surface area contributed by atoms with E-state index in [1.165, 1.54) is 0 Å². The standard InChI is InChI=1S/C12H21NO3/c14-9-12(4-1-7-16-10-12)8-13-5-2-11(15)3-6-13/h9,11,15H,1-8,10H2. The first-order valence-electron chi connectivity index (χ1n) is 6.19. The van der Waals surface area contributed by atoms with Crippen LogP contribution in [0.4, 0.5) is 0 Å². The van der Waals surface area contributed by atoms with Gasteiger partial charge in [-0.15, -0.1) is 0 Å². The maximum Gasteiger partial charge on any atom is 0.129 e. The molecule has 2 heterocycles. The summed E-state index contributed by atoms with van der Waals surface area (Å²) in [6.07, 6.45) is 4.51. The zero-order valence-corrected chi connectivity index (χ0v) is 9.73. The molecule has 4 nitrogen and oxygen atoms in total. The fraction of sp³-hybridized carbons (Fsp3) is 0.917. The molecule has 2 aliphatic heterocycles. The lowest BCUT2D eigenvalue weighted by molar-refractivity contribution is -0.126. The number of aliphatic hydroxyl groups is 1. The predicted molar refractivity (Wildman–Crippen MR) is 60.2 cm³/mol. The maximum absolute atomic E-state index is 11.3. The van der Waals surface area contributed by atoms with Crippen LogP contribution < -0.4 is 0 Å². The van der Waals surface area contributed by atoms with Crippen molar-refractivity contribution in [3.05, 3.63) is 0 Å². The molecule has 0 amide bonds. The highest BCUT2D eigenvalue weighted by Gasteiger charge is 2.35. The Morgan fingerprint density at radius 2 is 2.19 bits per heavy atom. The molecule has 0 aromatic rings. The van der Waals surface area contributed by atoms with Gasteiger partial charge in [-0.3, -0.25) is 0 Å². The second kappa shape index (κ2) is 5.25. The lowest BCUT2D eigenvalue weighted by Crippen LogP contribution is -2.47. The van der Waals surface area contributed by atoms with E-state index in [1.807, 2.05) is 0 Å². The molecule has 2 aliphatic rings. The molecule has 0 aromatic heterocycles. The van der Waals surface area contributed by atoms with Gasteiger partial charge in [0.25, 0.3) is 0 Å². The number of carbonyl (C=O) groups excluding carboxylic acids is 1. The number of hydrogen-bond acceptors (Lipinski definition) is 4. The minimum atomic E-state index is -0.291. The molecule has 16 heavy (non-hydrogen) atoms. The Balaban J connectivity index is 1.88. The van der Waals surface area contributed by atoms with Gasteiger partial charge in [0, 0.05) is 26.2 Å². The highest BCUT2D eigenvalue weighted by Crippen LogP contribution is 2.28. The summed E-state index contributed by atoms with van der Waals surface area (Å²) < 4.78 is 5.43. The Kier molecular flexibility index (Phi) is 3.95. The van der Waals surface area contributed by atoms with E-state index in [1.54, 1.807) is 0 Å². The van der Waals surface area contributed by atoms with E-state index >= 15 is 0 Å². The quantitative estimate of drug-likeness (QED) is 0.711. The van der Waals surface area contributed by atoms with E-state index in [0.29, 0.717) is 6.61 Å². The van der Waals surface area contributed by atoms with Gasteiger partial charge in [0.15, 0.2) is 0 Å². The van der Waals surface area contributed by atoms with Crippen molar-refractivity contribution in [1.82, 2.24) is 4.90 Å². The highest BCUT2D eigenvalue weighted by atomic mass is 16.5. The van der Waals surface area contributed by atoms with Crippen molar-refractivity contribution < 1.29 is 14.6 Å². The monoisotopic (exact) mass is 227 g/mol. The van der Waals surface area contributed by atoms with Crippen LogP contribution in [0.15, 0.2) is 0 Å². The molecule has 0 aromatic carbocycles. The van der Waals surface area contributed by atoms with E-state index in [2.05, 4.69) is 4.90 Å². The molecule has 4 heteroatoms. The van der Waals surface area contributed by atoms with Crippen LogP contribution >= 0.6 is 0 Å². The fourth-order valence-corrected chi connectivity index (χ4v) is 2.65. The van der Waals surface area contributed by atoms with Gasteiger partial charge in [-0.1, -0.05) is 0 Å². The number of aldehydes is 1. The molecule has 1 unspecified atom stereocenters. The van der Waals surface area contributed by atoms with Gasteiger partial charge >= 0.3 is 0 Å². The normalized spacial score (nSPS) is 33.8. The minimum Gasteiger partial charge on any atom is -0.393 e. The van der Waals surface area contributed by atoms with E-state index < -0.39 is 0 Å². The molecular weight excluding hydrogens is 206 g/mol. The number of ether oxygens (including phenoxy) is 1. The highest BCUT2D eigenvalue weighted by molar-refractivity contribution is 5.60. The lowest BCUT2D eigenvalue weighted by atomic mass is 9.83. The summed E-state index contributed by atoms with van der Waals surface area (Å²) in [5, 5.41) is 9.43. The van der Waals surface area contributed by atoms with Crippen molar-refractivity contribution in [1.29, 1.82) is 0 Å². The molecule has 0 spiro atoms. The van der Waals surface area contributed by atoms with Crippen LogP contribution in [0, 0.1) is 5.41 Å². The van der Waals surface area contributed by atoms with Gasteiger partial charge in [-0.25, -0.2) is 0 Å². The van der Waals surface area contributed by atoms with E-state index in [-0.39, 0.29) is 11.5 Å². The van der Waals surface area contributed by atoms with Crippen LogP contribution in [0.3, 0.4) is 0 Å². The number of hydrogen-bond donors (Lipinski definition) is 1. The molecule has 2 fully saturated rings. The minimum absolute atomic E-state index is 0.147. The molecule has 1 N–H and O–H groups in total. The molecule has 0 aliphatic carbocycles. The van der Waals surface area contributed by atoms with Gasteiger partial charge in [0.1, 0.15) is 6.29 Å². The van der Waals surface area contributed by atoms with Crippen LogP contribution in [-0.4, -0.2) is 55.2 Å². The number of rotatable bonds is 3. The molecule has 0 bridgehead atoms. The summed E-state index contributed by atoms with van der Waals surface area (Å²) in [6.45, 7) is 3.95.